The lowest BCUT2D eigenvalue weighted by atomic mass is 9.48. The van der Waals surface area contributed by atoms with Crippen LogP contribution in [0.25, 0.3) is 0 Å². The number of carbonyl (C=O) groups is 2. The molecule has 2 heterocycles. The molecule has 3 rings (SSSR count). The quantitative estimate of drug-likeness (QED) is 0.903. The van der Waals surface area contributed by atoms with Gasteiger partial charge >= 0.3 is 0 Å². The summed E-state index contributed by atoms with van der Waals surface area (Å²) in [5.41, 5.74) is -0.623. The van der Waals surface area contributed by atoms with Crippen LogP contribution in [-0.4, -0.2) is 23.9 Å². The largest absolute Gasteiger partial charge is 0.459 e. The third kappa shape index (κ3) is 2.52. The van der Waals surface area contributed by atoms with Gasteiger partial charge in [0.25, 0.3) is 11.8 Å². The molecule has 0 spiro atoms. The highest BCUT2D eigenvalue weighted by molar-refractivity contribution is 5.93. The summed E-state index contributed by atoms with van der Waals surface area (Å²) in [6, 6.07) is 6.40. The van der Waals surface area contributed by atoms with Crippen LogP contribution in [0, 0.1) is 10.8 Å². The number of hydrogen-bond donors (Lipinski definition) is 2. The minimum Gasteiger partial charge on any atom is -0.459 e. The Labute approximate surface area is 140 Å². The molecule has 6 nitrogen and oxygen atoms in total. The fraction of sp³-hybridized carbons (Fsp3) is 0.444. The van der Waals surface area contributed by atoms with Gasteiger partial charge in [0.05, 0.1) is 12.5 Å². The summed E-state index contributed by atoms with van der Waals surface area (Å²) in [4.78, 5) is 24.6. The van der Waals surface area contributed by atoms with Crippen molar-refractivity contribution < 1.29 is 18.4 Å². The van der Waals surface area contributed by atoms with E-state index in [1.54, 1.807) is 24.3 Å². The summed E-state index contributed by atoms with van der Waals surface area (Å²) in [5, 5.41) is 6.06. The van der Waals surface area contributed by atoms with Crippen LogP contribution in [0.5, 0.6) is 0 Å². The average Bonchev–Trinajstić information content (AvgIpc) is 3.21. The molecule has 0 radical (unpaired) electrons. The van der Waals surface area contributed by atoms with Gasteiger partial charge in [0, 0.05) is 22.9 Å². The maximum absolute atomic E-state index is 12.3. The van der Waals surface area contributed by atoms with E-state index in [1.807, 2.05) is 27.7 Å². The van der Waals surface area contributed by atoms with E-state index < -0.39 is 0 Å². The summed E-state index contributed by atoms with van der Waals surface area (Å²) in [6.07, 6.45) is 2.94. The third-order valence-corrected chi connectivity index (χ3v) is 5.02. The summed E-state index contributed by atoms with van der Waals surface area (Å²) < 4.78 is 10.3. The van der Waals surface area contributed by atoms with Gasteiger partial charge < -0.3 is 19.5 Å². The molecule has 24 heavy (non-hydrogen) atoms. The molecule has 0 atom stereocenters. The molecule has 0 aromatic carbocycles. The van der Waals surface area contributed by atoms with Gasteiger partial charge in [0.15, 0.2) is 11.5 Å². The van der Waals surface area contributed by atoms with Gasteiger partial charge in [-0.2, -0.15) is 0 Å². The first-order valence-corrected chi connectivity index (χ1v) is 7.93. The van der Waals surface area contributed by atoms with Crippen LogP contribution < -0.4 is 10.6 Å². The lowest BCUT2D eigenvalue weighted by Gasteiger charge is -2.64. The fourth-order valence-corrected chi connectivity index (χ4v) is 4.12. The molecule has 0 saturated heterocycles. The first kappa shape index (κ1) is 16.4. The number of amides is 2. The second kappa shape index (κ2) is 5.54. The highest BCUT2D eigenvalue weighted by Gasteiger charge is 2.62. The number of rotatable bonds is 4. The number of furan rings is 2. The Kier molecular flexibility index (Phi) is 3.78. The topological polar surface area (TPSA) is 84.5 Å². The predicted octanol–water partition coefficient (Wildman–Crippen LogP) is 2.84. The van der Waals surface area contributed by atoms with Gasteiger partial charge in [-0.1, -0.05) is 27.7 Å². The third-order valence-electron chi connectivity index (χ3n) is 5.02. The summed E-state index contributed by atoms with van der Waals surface area (Å²) >= 11 is 0. The minimum atomic E-state index is -0.312. The lowest BCUT2D eigenvalue weighted by Crippen LogP contribution is -2.77. The Morgan fingerprint density at radius 2 is 1.21 bits per heavy atom. The molecule has 2 N–H and O–H groups in total. The second-order valence-corrected chi connectivity index (χ2v) is 7.41. The Balaban J connectivity index is 1.72. The van der Waals surface area contributed by atoms with E-state index in [0.29, 0.717) is 0 Å². The molecule has 1 aliphatic carbocycles. The molecule has 0 unspecified atom stereocenters. The van der Waals surface area contributed by atoms with Gasteiger partial charge in [0.2, 0.25) is 0 Å². The molecule has 6 heteroatoms. The van der Waals surface area contributed by atoms with E-state index in [4.69, 9.17) is 8.83 Å². The van der Waals surface area contributed by atoms with Crippen LogP contribution in [0.4, 0.5) is 0 Å². The van der Waals surface area contributed by atoms with Crippen molar-refractivity contribution in [2.24, 2.45) is 10.8 Å². The SMILES string of the molecule is CC1(C)C(NC(=O)c2ccco2)C(C)(C)C1NC(=O)c1ccco1. The van der Waals surface area contributed by atoms with Crippen molar-refractivity contribution in [2.75, 3.05) is 0 Å². The smallest absolute Gasteiger partial charge is 0.287 e. The predicted molar refractivity (Wildman–Crippen MR) is 87.5 cm³/mol. The molecular formula is C18H22N2O4. The molecule has 128 valence electrons. The van der Waals surface area contributed by atoms with Crippen LogP contribution in [0.1, 0.15) is 48.8 Å². The molecule has 1 fully saturated rings. The van der Waals surface area contributed by atoms with Crippen molar-refractivity contribution in [1.82, 2.24) is 10.6 Å². The minimum absolute atomic E-state index is 0.107. The van der Waals surface area contributed by atoms with Crippen LogP contribution in [0.2, 0.25) is 0 Å². The first-order chi connectivity index (χ1) is 11.2. The lowest BCUT2D eigenvalue weighted by molar-refractivity contribution is -0.0812. The zero-order valence-corrected chi connectivity index (χ0v) is 14.3. The molecule has 2 aromatic heterocycles. The van der Waals surface area contributed by atoms with Crippen LogP contribution in [0.15, 0.2) is 45.6 Å². The highest BCUT2D eigenvalue weighted by atomic mass is 16.3. The Morgan fingerprint density at radius 3 is 1.50 bits per heavy atom. The summed E-state index contributed by atoms with van der Waals surface area (Å²) in [7, 11) is 0. The molecule has 0 bridgehead atoms. The van der Waals surface area contributed by atoms with Gasteiger partial charge in [0.1, 0.15) is 0 Å². The Morgan fingerprint density at radius 1 is 0.833 bits per heavy atom. The van der Waals surface area contributed by atoms with Gasteiger partial charge in [-0.3, -0.25) is 9.59 Å². The zero-order valence-electron chi connectivity index (χ0n) is 14.3. The van der Waals surface area contributed by atoms with Crippen LogP contribution >= 0.6 is 0 Å². The Bertz CT molecular complexity index is 653. The van der Waals surface area contributed by atoms with E-state index in [2.05, 4.69) is 10.6 Å². The second-order valence-electron chi connectivity index (χ2n) is 7.41. The molecular weight excluding hydrogens is 308 g/mol. The van der Waals surface area contributed by atoms with E-state index >= 15 is 0 Å². The van der Waals surface area contributed by atoms with E-state index in [1.165, 1.54) is 12.5 Å². The number of hydrogen-bond acceptors (Lipinski definition) is 4. The van der Waals surface area contributed by atoms with Crippen molar-refractivity contribution in [3.8, 4) is 0 Å². The van der Waals surface area contributed by atoms with E-state index in [9.17, 15) is 9.59 Å². The molecule has 0 aliphatic heterocycles. The monoisotopic (exact) mass is 330 g/mol. The van der Waals surface area contributed by atoms with Crippen molar-refractivity contribution in [1.29, 1.82) is 0 Å². The van der Waals surface area contributed by atoms with Gasteiger partial charge in [-0.05, 0) is 24.3 Å². The molecule has 1 aliphatic rings. The molecule has 1 saturated carbocycles. The summed E-state index contributed by atoms with van der Waals surface area (Å²) in [5.74, 6) is 0.0678. The van der Waals surface area contributed by atoms with Gasteiger partial charge in [-0.15, -0.1) is 0 Å². The maximum Gasteiger partial charge on any atom is 0.287 e. The standard InChI is InChI=1S/C18H22N2O4/c1-17(2)15(19-13(21)11-7-5-9-23-11)18(3,4)16(17)20-14(22)12-8-6-10-24-12/h5-10,15-16H,1-4H3,(H,19,21)(H,20,22). The summed E-state index contributed by atoms with van der Waals surface area (Å²) in [6.45, 7) is 8.10. The van der Waals surface area contributed by atoms with Crippen molar-refractivity contribution in [3.63, 3.8) is 0 Å². The van der Waals surface area contributed by atoms with E-state index in [-0.39, 0.29) is 46.2 Å². The van der Waals surface area contributed by atoms with Crippen molar-refractivity contribution in [2.45, 2.75) is 39.8 Å². The van der Waals surface area contributed by atoms with E-state index in [0.717, 1.165) is 0 Å². The zero-order chi connectivity index (χ0) is 17.5. The van der Waals surface area contributed by atoms with Crippen LogP contribution in [0.3, 0.4) is 0 Å². The van der Waals surface area contributed by atoms with Gasteiger partial charge in [-0.25, -0.2) is 0 Å². The molecule has 2 amide bonds. The number of nitrogens with one attached hydrogen (secondary N) is 2. The highest BCUT2D eigenvalue weighted by Crippen LogP contribution is 2.54. The number of carbonyl (C=O) groups excluding carboxylic acids is 2. The maximum atomic E-state index is 12.3. The fourth-order valence-electron chi connectivity index (χ4n) is 4.12. The van der Waals surface area contributed by atoms with Crippen LogP contribution in [-0.2, 0) is 0 Å². The average molecular weight is 330 g/mol. The first-order valence-electron chi connectivity index (χ1n) is 7.93. The van der Waals surface area contributed by atoms with Crippen molar-refractivity contribution >= 4 is 11.8 Å². The van der Waals surface area contributed by atoms with Crippen molar-refractivity contribution in [3.05, 3.63) is 48.3 Å². The Hall–Kier alpha value is -2.50. The molecule has 2 aromatic rings. The normalized spacial score (nSPS) is 24.0.